The Balaban J connectivity index is 1.17. The van der Waals surface area contributed by atoms with E-state index < -0.39 is 0 Å². The second-order valence-electron chi connectivity index (χ2n) is 10.8. The molecule has 3 heteroatoms. The first-order valence-electron chi connectivity index (χ1n) is 14.8. The zero-order valence-corrected chi connectivity index (χ0v) is 23.2. The third-order valence-electron chi connectivity index (χ3n) is 7.99. The molecule has 3 aromatic rings. The summed E-state index contributed by atoms with van der Waals surface area (Å²) in [4.78, 5) is 15.3. The highest BCUT2D eigenvalue weighted by Gasteiger charge is 2.28. The minimum atomic E-state index is 0.242. The summed E-state index contributed by atoms with van der Waals surface area (Å²) in [5.41, 5.74) is 3.67. The maximum Gasteiger partial charge on any atom is 0.162 e. The molecule has 0 spiro atoms. The maximum absolute atomic E-state index is 12.7. The smallest absolute Gasteiger partial charge is 0.162 e. The topological polar surface area (TPSA) is 29.5 Å². The van der Waals surface area contributed by atoms with E-state index in [1.165, 1.54) is 43.2 Å². The fourth-order valence-electron chi connectivity index (χ4n) is 5.79. The number of hydrogen-bond acceptors (Lipinski definition) is 3. The van der Waals surface area contributed by atoms with Crippen molar-refractivity contribution in [2.45, 2.75) is 70.6 Å². The van der Waals surface area contributed by atoms with Gasteiger partial charge >= 0.3 is 0 Å². The number of ether oxygens (including phenoxy) is 1. The molecule has 0 amide bonds. The molecular formula is C35H45NO2. The molecule has 3 aromatic carbocycles. The average Bonchev–Trinajstić information content (AvgIpc) is 2.97. The van der Waals surface area contributed by atoms with Crippen molar-refractivity contribution in [1.82, 2.24) is 4.90 Å². The van der Waals surface area contributed by atoms with Crippen LogP contribution in [0.2, 0.25) is 0 Å². The van der Waals surface area contributed by atoms with Crippen molar-refractivity contribution in [2.75, 3.05) is 26.2 Å². The normalized spacial score (nSPS) is 14.6. The third-order valence-corrected chi connectivity index (χ3v) is 7.99. The van der Waals surface area contributed by atoms with Gasteiger partial charge in [-0.15, -0.1) is 0 Å². The van der Waals surface area contributed by atoms with Gasteiger partial charge in [-0.25, -0.2) is 0 Å². The highest BCUT2D eigenvalue weighted by molar-refractivity contribution is 5.96. The Morgan fingerprint density at radius 2 is 1.42 bits per heavy atom. The van der Waals surface area contributed by atoms with E-state index >= 15 is 0 Å². The summed E-state index contributed by atoms with van der Waals surface area (Å²) in [6, 6.07) is 29.8. The SMILES string of the molecule is CCCCCCOc1ccc(C(=O)CCCCN2CCC(C(c3ccccc3)c3ccccc3)CC2)cc1. The van der Waals surface area contributed by atoms with Crippen LogP contribution in [0.1, 0.15) is 92.1 Å². The van der Waals surface area contributed by atoms with Crippen molar-refractivity contribution in [3.05, 3.63) is 102 Å². The Labute approximate surface area is 230 Å². The van der Waals surface area contributed by atoms with Crippen LogP contribution in [0.4, 0.5) is 0 Å². The van der Waals surface area contributed by atoms with Crippen LogP contribution in [0.5, 0.6) is 5.75 Å². The van der Waals surface area contributed by atoms with Crippen molar-refractivity contribution < 1.29 is 9.53 Å². The highest BCUT2D eigenvalue weighted by atomic mass is 16.5. The molecule has 0 aromatic heterocycles. The molecule has 1 heterocycles. The molecule has 0 saturated carbocycles. The van der Waals surface area contributed by atoms with Crippen molar-refractivity contribution in [3.8, 4) is 5.75 Å². The largest absolute Gasteiger partial charge is 0.494 e. The van der Waals surface area contributed by atoms with Gasteiger partial charge in [0.05, 0.1) is 6.61 Å². The van der Waals surface area contributed by atoms with Gasteiger partial charge < -0.3 is 9.64 Å². The number of Topliss-reactive ketones (excluding diaryl/α,β-unsaturated/α-hetero) is 1. The molecule has 1 saturated heterocycles. The van der Waals surface area contributed by atoms with Gasteiger partial charge in [-0.05, 0) is 93.0 Å². The van der Waals surface area contributed by atoms with Gasteiger partial charge in [-0.2, -0.15) is 0 Å². The van der Waals surface area contributed by atoms with Crippen LogP contribution in [0.3, 0.4) is 0 Å². The van der Waals surface area contributed by atoms with Gasteiger partial charge in [0.25, 0.3) is 0 Å². The summed E-state index contributed by atoms with van der Waals surface area (Å²) in [6.07, 6.45) is 9.90. The number of rotatable bonds is 15. The number of benzene rings is 3. The minimum absolute atomic E-state index is 0.242. The number of hydrogen-bond donors (Lipinski definition) is 0. The zero-order chi connectivity index (χ0) is 26.4. The van der Waals surface area contributed by atoms with E-state index in [9.17, 15) is 4.79 Å². The number of ketones is 1. The first-order valence-corrected chi connectivity index (χ1v) is 14.8. The molecule has 0 N–H and O–H groups in total. The number of unbranched alkanes of at least 4 members (excludes halogenated alkanes) is 4. The van der Waals surface area contributed by atoms with Crippen LogP contribution in [-0.2, 0) is 0 Å². The zero-order valence-electron chi connectivity index (χ0n) is 23.2. The molecular weight excluding hydrogens is 466 g/mol. The summed E-state index contributed by atoms with van der Waals surface area (Å²) < 4.78 is 5.81. The Morgan fingerprint density at radius 3 is 2.03 bits per heavy atom. The quantitative estimate of drug-likeness (QED) is 0.151. The number of piperidine rings is 1. The summed E-state index contributed by atoms with van der Waals surface area (Å²) in [5.74, 6) is 2.24. The fourth-order valence-corrected chi connectivity index (χ4v) is 5.79. The predicted molar refractivity (Wildman–Crippen MR) is 158 cm³/mol. The molecule has 0 bridgehead atoms. The first-order chi connectivity index (χ1) is 18.7. The number of carbonyl (C=O) groups is 1. The Hall–Kier alpha value is -2.91. The average molecular weight is 512 g/mol. The Morgan fingerprint density at radius 1 is 0.789 bits per heavy atom. The van der Waals surface area contributed by atoms with Crippen LogP contribution in [0.15, 0.2) is 84.9 Å². The molecule has 4 rings (SSSR count). The van der Waals surface area contributed by atoms with Crippen molar-refractivity contribution in [1.29, 1.82) is 0 Å². The second-order valence-corrected chi connectivity index (χ2v) is 10.8. The van der Waals surface area contributed by atoms with E-state index in [0.29, 0.717) is 18.3 Å². The molecule has 1 fully saturated rings. The summed E-state index contributed by atoms with van der Waals surface area (Å²) in [7, 11) is 0. The molecule has 202 valence electrons. The van der Waals surface area contributed by atoms with E-state index in [4.69, 9.17) is 4.74 Å². The highest BCUT2D eigenvalue weighted by Crippen LogP contribution is 2.38. The van der Waals surface area contributed by atoms with Gasteiger partial charge in [0.15, 0.2) is 5.78 Å². The van der Waals surface area contributed by atoms with Crippen LogP contribution in [0, 0.1) is 5.92 Å². The molecule has 0 atom stereocenters. The van der Waals surface area contributed by atoms with Gasteiger partial charge in [0, 0.05) is 17.9 Å². The van der Waals surface area contributed by atoms with E-state index in [2.05, 4.69) is 72.5 Å². The first kappa shape index (κ1) is 28.1. The lowest BCUT2D eigenvalue weighted by molar-refractivity contribution is 0.0976. The molecule has 3 nitrogen and oxygen atoms in total. The number of likely N-dealkylation sites (tertiary alicyclic amines) is 1. The van der Waals surface area contributed by atoms with E-state index in [1.807, 2.05) is 24.3 Å². The maximum atomic E-state index is 12.7. The lowest BCUT2D eigenvalue weighted by atomic mass is 9.76. The lowest BCUT2D eigenvalue weighted by Gasteiger charge is -2.36. The van der Waals surface area contributed by atoms with Gasteiger partial charge in [-0.1, -0.05) is 86.8 Å². The van der Waals surface area contributed by atoms with Crippen molar-refractivity contribution >= 4 is 5.78 Å². The van der Waals surface area contributed by atoms with Crippen molar-refractivity contribution in [3.63, 3.8) is 0 Å². The number of nitrogens with zero attached hydrogens (tertiary/aromatic N) is 1. The summed E-state index contributed by atoms with van der Waals surface area (Å²) >= 11 is 0. The molecule has 0 radical (unpaired) electrons. The predicted octanol–water partition coefficient (Wildman–Crippen LogP) is 8.54. The standard InChI is InChI=1S/C35H45NO2/c1-2-3-4-13-28-38-33-21-19-29(20-22-33)34(37)18-11-12-25-36-26-23-32(24-27-36)35(30-14-7-5-8-15-30)31-16-9-6-10-17-31/h5-10,14-17,19-22,32,35H,2-4,11-13,18,23-28H2,1H3. The van der Waals surface area contributed by atoms with Gasteiger partial charge in [-0.3, -0.25) is 4.79 Å². The van der Waals surface area contributed by atoms with Gasteiger partial charge in [0.1, 0.15) is 5.75 Å². The van der Waals surface area contributed by atoms with E-state index in [1.54, 1.807) is 0 Å². The Kier molecular flexibility index (Phi) is 11.5. The van der Waals surface area contributed by atoms with E-state index in [-0.39, 0.29) is 5.78 Å². The molecule has 1 aliphatic rings. The monoisotopic (exact) mass is 511 g/mol. The lowest BCUT2D eigenvalue weighted by Crippen LogP contribution is -2.36. The van der Waals surface area contributed by atoms with E-state index in [0.717, 1.165) is 56.8 Å². The van der Waals surface area contributed by atoms with Crippen LogP contribution < -0.4 is 4.74 Å². The van der Waals surface area contributed by atoms with Crippen molar-refractivity contribution in [2.24, 2.45) is 5.92 Å². The van der Waals surface area contributed by atoms with Crippen LogP contribution >= 0.6 is 0 Å². The second kappa shape index (κ2) is 15.5. The minimum Gasteiger partial charge on any atom is -0.494 e. The van der Waals surface area contributed by atoms with Crippen LogP contribution in [0.25, 0.3) is 0 Å². The molecule has 0 aliphatic carbocycles. The number of carbonyl (C=O) groups excluding carboxylic acids is 1. The Bertz CT molecular complexity index is 1020. The van der Waals surface area contributed by atoms with Crippen LogP contribution in [-0.4, -0.2) is 36.9 Å². The summed E-state index contributed by atoms with van der Waals surface area (Å²) in [6.45, 7) is 6.35. The fraction of sp³-hybridized carbons (Fsp3) is 0.457. The van der Waals surface area contributed by atoms with Gasteiger partial charge in [0.2, 0.25) is 0 Å². The molecule has 38 heavy (non-hydrogen) atoms. The third kappa shape index (κ3) is 8.56. The molecule has 0 unspecified atom stereocenters. The summed E-state index contributed by atoms with van der Waals surface area (Å²) in [5, 5.41) is 0. The molecule has 1 aliphatic heterocycles.